The van der Waals surface area contributed by atoms with Crippen LogP contribution >= 0.6 is 0 Å². The van der Waals surface area contributed by atoms with E-state index in [9.17, 15) is 19.5 Å². The Morgan fingerprint density at radius 3 is 2.24 bits per heavy atom. The van der Waals surface area contributed by atoms with Gasteiger partial charge in [0.1, 0.15) is 11.8 Å². The molecule has 0 heterocycles. The minimum Gasteiger partial charge on any atom is -0.480 e. The van der Waals surface area contributed by atoms with Crippen LogP contribution in [0.1, 0.15) is 29.3 Å². The van der Waals surface area contributed by atoms with Crippen LogP contribution in [0.25, 0.3) is 0 Å². The smallest absolute Gasteiger partial charge is 0.326 e. The van der Waals surface area contributed by atoms with E-state index >= 15 is 0 Å². The zero-order valence-electron chi connectivity index (χ0n) is 13.8. The number of carbonyl (C=O) groups excluding carboxylic acids is 2. The minimum absolute atomic E-state index is 0.288. The predicted molar refractivity (Wildman–Crippen MR) is 91.4 cm³/mol. The number of amides is 1. The van der Waals surface area contributed by atoms with Crippen molar-refractivity contribution < 1.29 is 24.2 Å². The molecule has 0 bridgehead atoms. The van der Waals surface area contributed by atoms with E-state index in [0.29, 0.717) is 17.7 Å². The molecule has 2 rings (SSSR count). The monoisotopic (exact) mass is 341 g/mol. The average Bonchev–Trinajstić information content (AvgIpc) is 2.59. The summed E-state index contributed by atoms with van der Waals surface area (Å²) >= 11 is 0. The van der Waals surface area contributed by atoms with E-state index in [2.05, 4.69) is 5.32 Å². The van der Waals surface area contributed by atoms with Crippen molar-refractivity contribution in [2.75, 3.05) is 0 Å². The second kappa shape index (κ2) is 8.63. The molecule has 1 amide bonds. The molecule has 0 aliphatic heterocycles. The number of benzene rings is 2. The number of aryl methyl sites for hydroxylation is 1. The van der Waals surface area contributed by atoms with Crippen LogP contribution in [0.15, 0.2) is 54.6 Å². The molecule has 1 atom stereocenters. The first-order valence-electron chi connectivity index (χ1n) is 7.82. The van der Waals surface area contributed by atoms with Gasteiger partial charge in [0, 0.05) is 12.5 Å². The first-order valence-corrected chi connectivity index (χ1v) is 7.82. The molecule has 0 saturated carbocycles. The van der Waals surface area contributed by atoms with E-state index in [0.717, 1.165) is 5.56 Å². The van der Waals surface area contributed by atoms with Crippen molar-refractivity contribution in [3.63, 3.8) is 0 Å². The second-order valence-corrected chi connectivity index (χ2v) is 5.51. The lowest BCUT2D eigenvalue weighted by molar-refractivity contribution is -0.139. The van der Waals surface area contributed by atoms with Gasteiger partial charge in [-0.3, -0.25) is 9.59 Å². The molecule has 25 heavy (non-hydrogen) atoms. The summed E-state index contributed by atoms with van der Waals surface area (Å²) in [6, 6.07) is 14.4. The summed E-state index contributed by atoms with van der Waals surface area (Å²) in [6.45, 7) is 1.28. The number of rotatable bonds is 7. The van der Waals surface area contributed by atoms with Gasteiger partial charge in [-0.25, -0.2) is 4.79 Å². The van der Waals surface area contributed by atoms with Crippen LogP contribution in [0, 0.1) is 0 Å². The molecular formula is C19H19NO5. The van der Waals surface area contributed by atoms with Crippen molar-refractivity contribution in [1.29, 1.82) is 0 Å². The fourth-order valence-corrected chi connectivity index (χ4v) is 2.29. The number of carboxylic acids is 1. The Balaban J connectivity index is 1.97. The van der Waals surface area contributed by atoms with Crippen LogP contribution in [-0.2, 0) is 16.0 Å². The summed E-state index contributed by atoms with van der Waals surface area (Å²) in [7, 11) is 0. The van der Waals surface area contributed by atoms with E-state index in [4.69, 9.17) is 4.74 Å². The maximum atomic E-state index is 12.2. The van der Waals surface area contributed by atoms with Gasteiger partial charge in [0.05, 0.1) is 0 Å². The summed E-state index contributed by atoms with van der Waals surface area (Å²) in [5.74, 6) is -1.71. The predicted octanol–water partition coefficient (Wildman–Crippen LogP) is 2.43. The van der Waals surface area contributed by atoms with Crippen molar-refractivity contribution in [1.82, 2.24) is 5.32 Å². The van der Waals surface area contributed by atoms with E-state index in [1.165, 1.54) is 31.2 Å². The molecule has 0 radical (unpaired) electrons. The van der Waals surface area contributed by atoms with Crippen LogP contribution < -0.4 is 10.1 Å². The SMILES string of the molecule is CC(=O)Oc1ccc(C(=O)N[C@H](CCc2ccccc2)C(=O)O)cc1. The van der Waals surface area contributed by atoms with Crippen LogP contribution in [0.3, 0.4) is 0 Å². The molecule has 0 unspecified atom stereocenters. The highest BCUT2D eigenvalue weighted by atomic mass is 16.5. The lowest BCUT2D eigenvalue weighted by Gasteiger charge is -2.14. The van der Waals surface area contributed by atoms with Crippen molar-refractivity contribution in [3.05, 3.63) is 65.7 Å². The van der Waals surface area contributed by atoms with Gasteiger partial charge in [0.2, 0.25) is 0 Å². The zero-order chi connectivity index (χ0) is 18.2. The summed E-state index contributed by atoms with van der Waals surface area (Å²) in [5, 5.41) is 11.8. The van der Waals surface area contributed by atoms with Crippen molar-refractivity contribution in [2.45, 2.75) is 25.8 Å². The molecule has 0 fully saturated rings. The normalized spacial score (nSPS) is 11.4. The van der Waals surface area contributed by atoms with E-state index in [1.807, 2.05) is 30.3 Å². The molecule has 0 aromatic heterocycles. The Morgan fingerprint density at radius 2 is 1.68 bits per heavy atom. The lowest BCUT2D eigenvalue weighted by atomic mass is 10.0. The second-order valence-electron chi connectivity index (χ2n) is 5.51. The van der Waals surface area contributed by atoms with Crippen LogP contribution in [0.5, 0.6) is 5.75 Å². The molecule has 0 aliphatic rings. The Morgan fingerprint density at radius 1 is 1.04 bits per heavy atom. The molecule has 0 aliphatic carbocycles. The summed E-state index contributed by atoms with van der Waals surface area (Å²) in [4.78, 5) is 34.5. The number of carboxylic acid groups (broad SMARTS) is 1. The Bertz CT molecular complexity index is 740. The summed E-state index contributed by atoms with van der Waals surface area (Å²) in [6.07, 6.45) is 0.833. The van der Waals surface area contributed by atoms with Crippen LogP contribution in [0.4, 0.5) is 0 Å². The van der Waals surface area contributed by atoms with Gasteiger partial charge < -0.3 is 15.2 Å². The molecule has 2 N–H and O–H groups in total. The summed E-state index contributed by atoms with van der Waals surface area (Å²) in [5.41, 5.74) is 1.30. The maximum absolute atomic E-state index is 12.2. The molecule has 2 aromatic carbocycles. The third-order valence-corrected chi connectivity index (χ3v) is 3.55. The van der Waals surface area contributed by atoms with E-state index in [1.54, 1.807) is 0 Å². The van der Waals surface area contributed by atoms with Gasteiger partial charge in [-0.2, -0.15) is 0 Å². The first-order chi connectivity index (χ1) is 12.0. The van der Waals surface area contributed by atoms with E-state index in [-0.39, 0.29) is 6.42 Å². The molecule has 2 aromatic rings. The maximum Gasteiger partial charge on any atom is 0.326 e. The zero-order valence-corrected chi connectivity index (χ0v) is 13.8. The van der Waals surface area contributed by atoms with Gasteiger partial charge in [0.15, 0.2) is 0 Å². The van der Waals surface area contributed by atoms with Gasteiger partial charge >= 0.3 is 11.9 Å². The van der Waals surface area contributed by atoms with Gasteiger partial charge in [0.25, 0.3) is 5.91 Å². The summed E-state index contributed by atoms with van der Waals surface area (Å²) < 4.78 is 4.89. The highest BCUT2D eigenvalue weighted by Gasteiger charge is 2.20. The fourth-order valence-electron chi connectivity index (χ4n) is 2.29. The largest absolute Gasteiger partial charge is 0.480 e. The Kier molecular flexibility index (Phi) is 6.28. The quantitative estimate of drug-likeness (QED) is 0.596. The molecule has 6 nitrogen and oxygen atoms in total. The number of hydrogen-bond donors (Lipinski definition) is 2. The average molecular weight is 341 g/mol. The Hall–Kier alpha value is -3.15. The molecule has 130 valence electrons. The number of ether oxygens (including phenoxy) is 1. The third-order valence-electron chi connectivity index (χ3n) is 3.55. The number of nitrogens with one attached hydrogen (secondary N) is 1. The molecule has 0 spiro atoms. The number of carbonyl (C=O) groups is 3. The Labute approximate surface area is 145 Å². The number of esters is 1. The van der Waals surface area contributed by atoms with Gasteiger partial charge in [-0.15, -0.1) is 0 Å². The van der Waals surface area contributed by atoms with Crippen molar-refractivity contribution in [3.8, 4) is 5.75 Å². The minimum atomic E-state index is -1.08. The molecule has 0 saturated heterocycles. The molecular weight excluding hydrogens is 322 g/mol. The molecule has 6 heteroatoms. The van der Waals surface area contributed by atoms with Crippen molar-refractivity contribution >= 4 is 17.8 Å². The van der Waals surface area contributed by atoms with Gasteiger partial charge in [-0.05, 0) is 42.7 Å². The van der Waals surface area contributed by atoms with Crippen LogP contribution in [0.2, 0.25) is 0 Å². The first kappa shape index (κ1) is 18.2. The lowest BCUT2D eigenvalue weighted by Crippen LogP contribution is -2.41. The fraction of sp³-hybridized carbons (Fsp3) is 0.211. The topological polar surface area (TPSA) is 92.7 Å². The van der Waals surface area contributed by atoms with Crippen LogP contribution in [-0.4, -0.2) is 29.0 Å². The standard InChI is InChI=1S/C19H19NO5/c1-13(21)25-16-10-8-15(9-11-16)18(22)20-17(19(23)24)12-7-14-5-3-2-4-6-14/h2-6,8-11,17H,7,12H2,1H3,(H,20,22)(H,23,24)/t17-/m1/s1. The van der Waals surface area contributed by atoms with Gasteiger partial charge in [-0.1, -0.05) is 30.3 Å². The number of hydrogen-bond acceptors (Lipinski definition) is 4. The van der Waals surface area contributed by atoms with E-state index < -0.39 is 23.9 Å². The highest BCUT2D eigenvalue weighted by Crippen LogP contribution is 2.13. The third kappa shape index (κ3) is 5.76. The highest BCUT2D eigenvalue weighted by molar-refractivity contribution is 5.96. The number of aliphatic carboxylic acids is 1. The van der Waals surface area contributed by atoms with Crippen molar-refractivity contribution in [2.24, 2.45) is 0 Å².